The fourth-order valence-corrected chi connectivity index (χ4v) is 2.95. The highest BCUT2D eigenvalue weighted by Gasteiger charge is 2.20. The Morgan fingerprint density at radius 2 is 2.29 bits per heavy atom. The van der Waals surface area contributed by atoms with Crippen molar-refractivity contribution < 1.29 is 9.84 Å². The lowest BCUT2D eigenvalue weighted by molar-refractivity contribution is 0.00932. The molecule has 0 bridgehead atoms. The second-order valence-electron chi connectivity index (χ2n) is 6.71. The molecular formula is C16H29N3O2. The summed E-state index contributed by atoms with van der Waals surface area (Å²) < 4.78 is 7.75. The predicted molar refractivity (Wildman–Crippen MR) is 83.2 cm³/mol. The number of imidazole rings is 1. The van der Waals surface area contributed by atoms with Crippen LogP contribution >= 0.6 is 0 Å². The number of rotatable bonds is 8. The van der Waals surface area contributed by atoms with Crippen molar-refractivity contribution in [3.63, 3.8) is 0 Å². The van der Waals surface area contributed by atoms with Crippen LogP contribution in [0.1, 0.15) is 26.1 Å². The molecule has 1 aliphatic rings. The number of ether oxygens (including phenoxy) is 1. The zero-order valence-electron chi connectivity index (χ0n) is 13.5. The van der Waals surface area contributed by atoms with Crippen molar-refractivity contribution in [1.29, 1.82) is 0 Å². The van der Waals surface area contributed by atoms with Gasteiger partial charge in [-0.25, -0.2) is 4.98 Å². The van der Waals surface area contributed by atoms with E-state index in [0.717, 1.165) is 19.5 Å². The molecule has 0 aliphatic carbocycles. The first-order valence-electron chi connectivity index (χ1n) is 7.99. The number of fused-ring (bicyclic) bond motifs is 1. The maximum absolute atomic E-state index is 10.0. The molecule has 0 spiro atoms. The molecule has 0 saturated heterocycles. The topological polar surface area (TPSA) is 50.5 Å². The van der Waals surface area contributed by atoms with E-state index < -0.39 is 6.10 Å². The number of aliphatic hydroxyl groups is 1. The van der Waals surface area contributed by atoms with E-state index in [9.17, 15) is 5.11 Å². The summed E-state index contributed by atoms with van der Waals surface area (Å²) in [6, 6.07) is 0. The lowest BCUT2D eigenvalue weighted by atomic mass is 9.99. The Morgan fingerprint density at radius 3 is 3.05 bits per heavy atom. The van der Waals surface area contributed by atoms with Crippen LogP contribution in [0.5, 0.6) is 0 Å². The van der Waals surface area contributed by atoms with E-state index in [0.29, 0.717) is 31.6 Å². The quantitative estimate of drug-likeness (QED) is 0.788. The van der Waals surface area contributed by atoms with Gasteiger partial charge in [0.15, 0.2) is 0 Å². The van der Waals surface area contributed by atoms with Gasteiger partial charge in [-0.2, -0.15) is 0 Å². The minimum absolute atomic E-state index is 0.402. The molecule has 5 nitrogen and oxygen atoms in total. The van der Waals surface area contributed by atoms with Gasteiger partial charge in [0.2, 0.25) is 0 Å². The number of hydrogen-bond donors (Lipinski definition) is 1. The summed E-state index contributed by atoms with van der Waals surface area (Å²) in [5.41, 5.74) is 0. The van der Waals surface area contributed by atoms with E-state index in [1.54, 1.807) is 0 Å². The van der Waals surface area contributed by atoms with Crippen LogP contribution in [0.15, 0.2) is 12.4 Å². The minimum atomic E-state index is -0.402. The molecule has 2 rings (SSSR count). The number of hydrogen-bond acceptors (Lipinski definition) is 4. The van der Waals surface area contributed by atoms with E-state index in [1.807, 2.05) is 6.20 Å². The van der Waals surface area contributed by atoms with E-state index >= 15 is 0 Å². The molecule has 1 aromatic heterocycles. The molecule has 0 radical (unpaired) electrons. The van der Waals surface area contributed by atoms with E-state index in [2.05, 4.69) is 41.5 Å². The normalized spacial score (nSPS) is 20.0. The minimum Gasteiger partial charge on any atom is -0.389 e. The maximum atomic E-state index is 10.0. The van der Waals surface area contributed by atoms with E-state index in [-0.39, 0.29) is 0 Å². The van der Waals surface area contributed by atoms with Crippen molar-refractivity contribution >= 4 is 0 Å². The number of aromatic nitrogens is 2. The fourth-order valence-electron chi connectivity index (χ4n) is 2.95. The predicted octanol–water partition coefficient (Wildman–Crippen LogP) is 1.41. The molecule has 5 heteroatoms. The molecule has 1 N–H and O–H groups in total. The van der Waals surface area contributed by atoms with Gasteiger partial charge in [-0.1, -0.05) is 13.8 Å². The van der Waals surface area contributed by atoms with Crippen LogP contribution in [-0.2, 0) is 17.7 Å². The van der Waals surface area contributed by atoms with Gasteiger partial charge >= 0.3 is 0 Å². The van der Waals surface area contributed by atoms with Crippen LogP contribution in [0, 0.1) is 11.8 Å². The highest BCUT2D eigenvalue weighted by Crippen LogP contribution is 2.19. The molecule has 2 heterocycles. The summed E-state index contributed by atoms with van der Waals surface area (Å²) in [4.78, 5) is 6.58. The Balaban J connectivity index is 1.66. The summed E-state index contributed by atoms with van der Waals surface area (Å²) >= 11 is 0. The van der Waals surface area contributed by atoms with Gasteiger partial charge in [0.1, 0.15) is 5.82 Å². The Bertz CT molecular complexity index is 419. The molecule has 120 valence electrons. The van der Waals surface area contributed by atoms with Crippen LogP contribution in [0.2, 0.25) is 0 Å². The molecule has 2 atom stereocenters. The summed E-state index contributed by atoms with van der Waals surface area (Å²) in [7, 11) is 2.08. The van der Waals surface area contributed by atoms with Crippen molar-refractivity contribution in [1.82, 2.24) is 14.5 Å². The number of nitrogens with zero attached hydrogens (tertiary/aromatic N) is 3. The molecule has 1 aliphatic heterocycles. The van der Waals surface area contributed by atoms with Gasteiger partial charge in [-0.15, -0.1) is 0 Å². The first-order chi connectivity index (χ1) is 10.0. The third kappa shape index (κ3) is 5.41. The first kappa shape index (κ1) is 16.5. The number of likely N-dealkylation sites (N-methyl/N-ethyl adjacent to an activating group) is 1. The monoisotopic (exact) mass is 295 g/mol. The average molecular weight is 295 g/mol. The van der Waals surface area contributed by atoms with Gasteiger partial charge in [0.25, 0.3) is 0 Å². The lowest BCUT2D eigenvalue weighted by Gasteiger charge is -2.29. The molecular weight excluding hydrogens is 266 g/mol. The highest BCUT2D eigenvalue weighted by atomic mass is 16.5. The number of aliphatic hydroxyl groups excluding tert-OH is 1. The molecule has 0 amide bonds. The van der Waals surface area contributed by atoms with E-state index in [4.69, 9.17) is 4.74 Å². The first-order valence-corrected chi connectivity index (χ1v) is 7.99. The second kappa shape index (κ2) is 7.92. The molecule has 0 unspecified atom stereocenters. The van der Waals surface area contributed by atoms with Gasteiger partial charge in [0, 0.05) is 45.1 Å². The van der Waals surface area contributed by atoms with Crippen LogP contribution < -0.4 is 0 Å². The van der Waals surface area contributed by atoms with Gasteiger partial charge in [-0.3, -0.25) is 0 Å². The standard InChI is InChI=1S/C16H29N3O2/c1-13(2)11-21-12-15(20)10-18(3)8-14-4-5-16-17-6-7-19(16)9-14/h6-7,13-15,20H,4-5,8-12H2,1-3H3/t14-,15+/m1/s1. The van der Waals surface area contributed by atoms with Crippen LogP contribution in [-0.4, -0.2) is 59.0 Å². The maximum Gasteiger partial charge on any atom is 0.108 e. The largest absolute Gasteiger partial charge is 0.389 e. The average Bonchev–Trinajstić information content (AvgIpc) is 2.85. The Hall–Kier alpha value is -0.910. The van der Waals surface area contributed by atoms with Gasteiger partial charge in [-0.05, 0) is 25.3 Å². The summed E-state index contributed by atoms with van der Waals surface area (Å²) in [6.45, 7) is 8.10. The molecule has 0 saturated carbocycles. The Labute approximate surface area is 127 Å². The van der Waals surface area contributed by atoms with Crippen LogP contribution in [0.3, 0.4) is 0 Å². The van der Waals surface area contributed by atoms with Crippen molar-refractivity contribution in [2.45, 2.75) is 39.3 Å². The van der Waals surface area contributed by atoms with E-state index in [1.165, 1.54) is 12.2 Å². The third-order valence-electron chi connectivity index (χ3n) is 3.89. The molecule has 0 fully saturated rings. The van der Waals surface area contributed by atoms with Crippen molar-refractivity contribution in [3.05, 3.63) is 18.2 Å². The molecule has 21 heavy (non-hydrogen) atoms. The van der Waals surface area contributed by atoms with Gasteiger partial charge < -0.3 is 19.3 Å². The van der Waals surface area contributed by atoms with Crippen molar-refractivity contribution in [3.8, 4) is 0 Å². The summed E-state index contributed by atoms with van der Waals surface area (Å²) in [6.07, 6.45) is 5.79. The van der Waals surface area contributed by atoms with Gasteiger partial charge in [0.05, 0.1) is 12.7 Å². The summed E-state index contributed by atoms with van der Waals surface area (Å²) in [5.74, 6) is 2.36. The third-order valence-corrected chi connectivity index (χ3v) is 3.89. The second-order valence-corrected chi connectivity index (χ2v) is 6.71. The summed E-state index contributed by atoms with van der Waals surface area (Å²) in [5, 5.41) is 10.0. The van der Waals surface area contributed by atoms with Crippen LogP contribution in [0.25, 0.3) is 0 Å². The Kier molecular flexibility index (Phi) is 6.21. The Morgan fingerprint density at radius 1 is 1.48 bits per heavy atom. The number of aryl methyl sites for hydroxylation is 1. The SMILES string of the molecule is CC(C)COC[C@@H](O)CN(C)C[C@H]1CCc2nccn2C1. The van der Waals surface area contributed by atoms with Crippen LogP contribution in [0.4, 0.5) is 0 Å². The molecule has 0 aromatic carbocycles. The zero-order valence-corrected chi connectivity index (χ0v) is 13.5. The smallest absolute Gasteiger partial charge is 0.108 e. The zero-order chi connectivity index (χ0) is 15.2. The molecule has 1 aromatic rings. The van der Waals surface area contributed by atoms with Crippen molar-refractivity contribution in [2.75, 3.05) is 33.4 Å². The highest BCUT2D eigenvalue weighted by molar-refractivity contribution is 4.96. The lowest BCUT2D eigenvalue weighted by Crippen LogP contribution is -2.37. The van der Waals surface area contributed by atoms with Crippen molar-refractivity contribution in [2.24, 2.45) is 11.8 Å². The fraction of sp³-hybridized carbons (Fsp3) is 0.812.